The fourth-order valence-corrected chi connectivity index (χ4v) is 2.53. The number of carbonyl (C=O) groups is 1. The lowest BCUT2D eigenvalue weighted by molar-refractivity contribution is -0.108. The molecule has 0 aliphatic heterocycles. The summed E-state index contributed by atoms with van der Waals surface area (Å²) >= 11 is 11.5. The Balaban J connectivity index is 3.09. The third-order valence-corrected chi connectivity index (χ3v) is 4.09. The highest BCUT2D eigenvalue weighted by Gasteiger charge is 2.21. The third kappa shape index (κ3) is 14.5. The molecule has 0 aromatic carbocycles. The van der Waals surface area contributed by atoms with Crippen LogP contribution in [0, 0.1) is 0 Å². The maximum absolute atomic E-state index is 10.5. The molecule has 0 bridgehead atoms. The lowest BCUT2D eigenvalue weighted by atomic mass is 10.0. The van der Waals surface area contributed by atoms with Gasteiger partial charge in [0, 0.05) is 0 Å². The van der Waals surface area contributed by atoms with Crippen LogP contribution in [0.5, 0.6) is 0 Å². The number of hydrogen-bond donors (Lipinski definition) is 0. The zero-order valence-corrected chi connectivity index (χ0v) is 13.9. The van der Waals surface area contributed by atoms with Gasteiger partial charge in [0.2, 0.25) is 0 Å². The summed E-state index contributed by atoms with van der Waals surface area (Å²) in [4.78, 5) is 10.5. The Bertz CT molecular complexity index is 205. The molecule has 0 spiro atoms. The minimum atomic E-state index is -1.15. The van der Waals surface area contributed by atoms with Gasteiger partial charge in [0.15, 0.2) is 10.6 Å². The van der Waals surface area contributed by atoms with Crippen LogP contribution in [0.4, 0.5) is 0 Å². The van der Waals surface area contributed by atoms with Gasteiger partial charge >= 0.3 is 0 Å². The Morgan fingerprint density at radius 2 is 1.11 bits per heavy atom. The molecule has 0 N–H and O–H groups in total. The van der Waals surface area contributed by atoms with Gasteiger partial charge in [0.25, 0.3) is 0 Å². The fourth-order valence-electron chi connectivity index (χ4n) is 2.26. The smallest absolute Gasteiger partial charge is 0.172 e. The van der Waals surface area contributed by atoms with Gasteiger partial charge in [-0.15, -0.1) is 0 Å². The maximum atomic E-state index is 10.5. The summed E-state index contributed by atoms with van der Waals surface area (Å²) in [5, 5.41) is 0. The Hall–Kier alpha value is 0.250. The van der Waals surface area contributed by atoms with E-state index in [1.807, 2.05) is 0 Å². The average Bonchev–Trinajstić information content (AvgIpc) is 2.40. The van der Waals surface area contributed by atoms with Crippen LogP contribution >= 0.6 is 23.2 Å². The van der Waals surface area contributed by atoms with Crippen molar-refractivity contribution >= 4 is 29.5 Å². The summed E-state index contributed by atoms with van der Waals surface area (Å²) in [6, 6.07) is 0. The molecular weight excluding hydrogens is 279 g/mol. The average molecular weight is 309 g/mol. The van der Waals surface area contributed by atoms with Crippen molar-refractivity contribution in [2.75, 3.05) is 0 Å². The first-order valence-electron chi connectivity index (χ1n) is 7.96. The molecule has 0 aromatic rings. The van der Waals surface area contributed by atoms with Gasteiger partial charge in [-0.1, -0.05) is 107 Å². The van der Waals surface area contributed by atoms with Crippen molar-refractivity contribution in [1.29, 1.82) is 0 Å². The normalized spacial score (nSPS) is 11.7. The molecule has 0 aliphatic carbocycles. The second kappa shape index (κ2) is 13.2. The lowest BCUT2D eigenvalue weighted by Crippen LogP contribution is -2.13. The van der Waals surface area contributed by atoms with Crippen LogP contribution < -0.4 is 0 Å². The lowest BCUT2D eigenvalue weighted by Gasteiger charge is -2.10. The van der Waals surface area contributed by atoms with E-state index in [0.29, 0.717) is 12.7 Å². The molecule has 19 heavy (non-hydrogen) atoms. The van der Waals surface area contributed by atoms with E-state index in [9.17, 15) is 4.79 Å². The van der Waals surface area contributed by atoms with Crippen molar-refractivity contribution in [2.45, 2.75) is 94.7 Å². The molecule has 0 aromatic heterocycles. The van der Waals surface area contributed by atoms with E-state index in [0.717, 1.165) is 12.8 Å². The highest BCUT2D eigenvalue weighted by molar-refractivity contribution is 6.55. The number of halogens is 2. The van der Waals surface area contributed by atoms with Gasteiger partial charge in [-0.2, -0.15) is 0 Å². The highest BCUT2D eigenvalue weighted by Crippen LogP contribution is 2.25. The van der Waals surface area contributed by atoms with Crippen molar-refractivity contribution in [3.8, 4) is 0 Å². The van der Waals surface area contributed by atoms with Gasteiger partial charge in [0.05, 0.1) is 0 Å². The van der Waals surface area contributed by atoms with Crippen LogP contribution in [0.3, 0.4) is 0 Å². The van der Waals surface area contributed by atoms with Gasteiger partial charge in [-0.3, -0.25) is 0 Å². The molecule has 0 atom stereocenters. The number of alkyl halides is 2. The molecule has 0 amide bonds. The van der Waals surface area contributed by atoms with Crippen LogP contribution in [0.2, 0.25) is 0 Å². The minimum Gasteiger partial charge on any atom is -0.300 e. The Morgan fingerprint density at radius 3 is 1.47 bits per heavy atom. The molecule has 3 heteroatoms. The molecule has 0 radical (unpaired) electrons. The molecule has 0 unspecified atom stereocenters. The number of hydrogen-bond acceptors (Lipinski definition) is 1. The van der Waals surface area contributed by atoms with E-state index in [1.54, 1.807) is 0 Å². The van der Waals surface area contributed by atoms with Crippen LogP contribution in [-0.4, -0.2) is 10.6 Å². The highest BCUT2D eigenvalue weighted by atomic mass is 35.5. The van der Waals surface area contributed by atoms with E-state index >= 15 is 0 Å². The zero-order chi connectivity index (χ0) is 14.4. The van der Waals surface area contributed by atoms with Crippen molar-refractivity contribution in [3.05, 3.63) is 0 Å². The molecule has 0 saturated carbocycles. The number of rotatable bonds is 14. The topological polar surface area (TPSA) is 17.1 Å². The van der Waals surface area contributed by atoms with E-state index in [-0.39, 0.29) is 0 Å². The largest absolute Gasteiger partial charge is 0.300 e. The van der Waals surface area contributed by atoms with Gasteiger partial charge in [-0.25, -0.2) is 0 Å². The predicted octanol–water partition coefficient (Wildman–Crippen LogP) is 6.45. The summed E-state index contributed by atoms with van der Waals surface area (Å²) in [7, 11) is 0. The Kier molecular flexibility index (Phi) is 13.4. The first-order chi connectivity index (χ1) is 9.12. The molecule has 1 nitrogen and oxygen atoms in total. The Morgan fingerprint density at radius 1 is 0.737 bits per heavy atom. The molecule has 114 valence electrons. The van der Waals surface area contributed by atoms with E-state index in [2.05, 4.69) is 6.92 Å². The second-order valence-electron chi connectivity index (χ2n) is 5.52. The quantitative estimate of drug-likeness (QED) is 0.205. The Labute approximate surface area is 129 Å². The molecule has 0 saturated heterocycles. The van der Waals surface area contributed by atoms with Crippen molar-refractivity contribution in [2.24, 2.45) is 0 Å². The molecule has 0 heterocycles. The molecule has 0 rings (SSSR count). The van der Waals surface area contributed by atoms with E-state index < -0.39 is 4.33 Å². The summed E-state index contributed by atoms with van der Waals surface area (Å²) in [6.45, 7) is 2.26. The van der Waals surface area contributed by atoms with Crippen molar-refractivity contribution < 1.29 is 4.79 Å². The predicted molar refractivity (Wildman–Crippen MR) is 86.2 cm³/mol. The van der Waals surface area contributed by atoms with E-state index in [1.165, 1.54) is 64.2 Å². The van der Waals surface area contributed by atoms with Crippen LogP contribution in [0.1, 0.15) is 90.4 Å². The van der Waals surface area contributed by atoms with Gasteiger partial charge in [0.1, 0.15) is 0 Å². The van der Waals surface area contributed by atoms with Crippen LogP contribution in [0.15, 0.2) is 0 Å². The standard InChI is InChI=1S/C16H30Cl2O/c1-2-3-4-5-6-7-8-9-10-11-12-13-14-16(17,18)15-19/h15H,2-14H2,1H3. The second-order valence-corrected chi connectivity index (χ2v) is 7.06. The van der Waals surface area contributed by atoms with Crippen LogP contribution in [0.25, 0.3) is 0 Å². The summed E-state index contributed by atoms with van der Waals surface area (Å²) in [6.07, 6.45) is 16.9. The van der Waals surface area contributed by atoms with Gasteiger partial charge < -0.3 is 4.79 Å². The minimum absolute atomic E-state index is 0.580. The van der Waals surface area contributed by atoms with Crippen molar-refractivity contribution in [1.82, 2.24) is 0 Å². The molecule has 0 aliphatic rings. The monoisotopic (exact) mass is 308 g/mol. The third-order valence-electron chi connectivity index (χ3n) is 3.54. The number of carbonyl (C=O) groups excluding carboxylic acids is 1. The SMILES string of the molecule is CCCCCCCCCCCCCCC(Cl)(Cl)C=O. The fraction of sp³-hybridized carbons (Fsp3) is 0.938. The summed E-state index contributed by atoms with van der Waals surface area (Å²) in [5.74, 6) is 0. The summed E-state index contributed by atoms with van der Waals surface area (Å²) in [5.41, 5.74) is 0. The number of unbranched alkanes of at least 4 members (excludes halogenated alkanes) is 11. The molecular formula is C16H30Cl2O. The van der Waals surface area contributed by atoms with Gasteiger partial charge in [-0.05, 0) is 6.42 Å². The van der Waals surface area contributed by atoms with Crippen molar-refractivity contribution in [3.63, 3.8) is 0 Å². The first kappa shape index (κ1) is 19.2. The van der Waals surface area contributed by atoms with Crippen LogP contribution in [-0.2, 0) is 4.79 Å². The van der Waals surface area contributed by atoms with E-state index in [4.69, 9.17) is 23.2 Å². The zero-order valence-electron chi connectivity index (χ0n) is 12.4. The first-order valence-corrected chi connectivity index (χ1v) is 8.72. The number of aldehydes is 1. The maximum Gasteiger partial charge on any atom is 0.172 e. The molecule has 0 fully saturated rings. The summed E-state index contributed by atoms with van der Waals surface area (Å²) < 4.78 is -1.15.